The van der Waals surface area contributed by atoms with E-state index in [1.165, 1.54) is 6.42 Å². The van der Waals surface area contributed by atoms with E-state index >= 15 is 0 Å². The van der Waals surface area contributed by atoms with Crippen LogP contribution in [0.5, 0.6) is 0 Å². The van der Waals surface area contributed by atoms with Crippen molar-refractivity contribution in [3.63, 3.8) is 0 Å². The number of hydrogen-bond acceptors (Lipinski definition) is 1. The predicted molar refractivity (Wildman–Crippen MR) is 76.9 cm³/mol. The molecule has 0 radical (unpaired) electrons. The zero-order valence-corrected chi connectivity index (χ0v) is 12.1. The van der Waals surface area contributed by atoms with Gasteiger partial charge >= 0.3 is 0 Å². The minimum Gasteiger partial charge on any atom is -0.390 e. The van der Waals surface area contributed by atoms with Crippen LogP contribution in [0, 0.1) is 11.8 Å². The third kappa shape index (κ3) is 3.49. The first-order valence-corrected chi connectivity index (χ1v) is 7.33. The first-order chi connectivity index (χ1) is 8.48. The molecule has 0 aliphatic heterocycles. The highest BCUT2D eigenvalue weighted by Crippen LogP contribution is 2.38. The van der Waals surface area contributed by atoms with Crippen molar-refractivity contribution in [3.8, 4) is 0 Å². The topological polar surface area (TPSA) is 20.2 Å². The van der Waals surface area contributed by atoms with Crippen molar-refractivity contribution < 1.29 is 5.11 Å². The molecule has 0 bridgehead atoms. The molecule has 1 nitrogen and oxygen atoms in total. The van der Waals surface area contributed by atoms with Crippen LogP contribution in [0.2, 0.25) is 5.02 Å². The Balaban J connectivity index is 2.07. The van der Waals surface area contributed by atoms with E-state index in [4.69, 9.17) is 11.6 Å². The van der Waals surface area contributed by atoms with Gasteiger partial charge in [0.1, 0.15) is 0 Å². The summed E-state index contributed by atoms with van der Waals surface area (Å²) in [5.74, 6) is 1.32. The number of rotatable bonds is 3. The molecule has 1 aromatic carbocycles. The molecule has 0 amide bonds. The van der Waals surface area contributed by atoms with Crippen LogP contribution in [0.4, 0.5) is 0 Å². The Kier molecular flexibility index (Phi) is 4.34. The number of benzene rings is 1. The first kappa shape index (κ1) is 13.9. The Morgan fingerprint density at radius 2 is 2.22 bits per heavy atom. The Morgan fingerprint density at radius 3 is 2.89 bits per heavy atom. The van der Waals surface area contributed by atoms with E-state index in [0.717, 1.165) is 36.3 Å². The van der Waals surface area contributed by atoms with Crippen LogP contribution >= 0.6 is 11.6 Å². The molecule has 1 aliphatic rings. The fourth-order valence-corrected chi connectivity index (χ4v) is 3.35. The first-order valence-electron chi connectivity index (χ1n) is 6.95. The maximum atomic E-state index is 10.8. The van der Waals surface area contributed by atoms with Gasteiger partial charge in [-0.3, -0.25) is 0 Å². The van der Waals surface area contributed by atoms with Crippen LogP contribution in [0.25, 0.3) is 0 Å². The second-order valence-corrected chi connectivity index (χ2v) is 6.57. The molecule has 0 heterocycles. The van der Waals surface area contributed by atoms with E-state index in [1.807, 2.05) is 18.2 Å². The highest BCUT2D eigenvalue weighted by Gasteiger charge is 2.35. The van der Waals surface area contributed by atoms with E-state index in [9.17, 15) is 5.11 Å². The zero-order valence-electron chi connectivity index (χ0n) is 11.3. The van der Waals surface area contributed by atoms with Gasteiger partial charge in [0, 0.05) is 11.4 Å². The molecular formula is C16H23ClO. The van der Waals surface area contributed by atoms with Gasteiger partial charge in [0.25, 0.3) is 0 Å². The quantitative estimate of drug-likeness (QED) is 0.856. The fourth-order valence-electron chi connectivity index (χ4n) is 3.14. The van der Waals surface area contributed by atoms with Crippen LogP contribution in [0.3, 0.4) is 0 Å². The average molecular weight is 267 g/mol. The molecular weight excluding hydrogens is 244 g/mol. The molecule has 1 N–H and O–H groups in total. The minimum atomic E-state index is -0.530. The highest BCUT2D eigenvalue weighted by molar-refractivity contribution is 6.30. The van der Waals surface area contributed by atoms with Crippen molar-refractivity contribution >= 4 is 11.6 Å². The van der Waals surface area contributed by atoms with Gasteiger partial charge < -0.3 is 5.11 Å². The standard InChI is InChI=1S/C16H23ClO/c1-12(2)14-6-4-8-16(18,11-14)10-13-5-3-7-15(17)9-13/h3,5,7,9,12,14,18H,4,6,8,10-11H2,1-2H3. The number of halogens is 1. The second-order valence-electron chi connectivity index (χ2n) is 6.13. The summed E-state index contributed by atoms with van der Waals surface area (Å²) in [5.41, 5.74) is 0.618. The molecule has 100 valence electrons. The maximum absolute atomic E-state index is 10.8. The lowest BCUT2D eigenvalue weighted by molar-refractivity contribution is -0.0239. The largest absolute Gasteiger partial charge is 0.390 e. The van der Waals surface area contributed by atoms with Crippen molar-refractivity contribution in [2.24, 2.45) is 11.8 Å². The molecule has 1 aliphatic carbocycles. The molecule has 2 heteroatoms. The molecule has 1 fully saturated rings. The lowest BCUT2D eigenvalue weighted by Crippen LogP contribution is -2.38. The van der Waals surface area contributed by atoms with Crippen molar-refractivity contribution in [1.29, 1.82) is 0 Å². The molecule has 1 aromatic rings. The Morgan fingerprint density at radius 1 is 1.44 bits per heavy atom. The van der Waals surface area contributed by atoms with Gasteiger partial charge in [0.2, 0.25) is 0 Å². The summed E-state index contributed by atoms with van der Waals surface area (Å²) in [7, 11) is 0. The van der Waals surface area contributed by atoms with Crippen molar-refractivity contribution in [3.05, 3.63) is 34.9 Å². The molecule has 2 atom stereocenters. The Hall–Kier alpha value is -0.530. The zero-order chi connectivity index (χ0) is 13.2. The van der Waals surface area contributed by atoms with Crippen molar-refractivity contribution in [2.45, 2.75) is 51.6 Å². The van der Waals surface area contributed by atoms with Crippen molar-refractivity contribution in [1.82, 2.24) is 0 Å². The van der Waals surface area contributed by atoms with Crippen LogP contribution in [-0.4, -0.2) is 10.7 Å². The molecule has 0 aromatic heterocycles. The molecule has 2 unspecified atom stereocenters. The van der Waals surface area contributed by atoms with E-state index < -0.39 is 5.60 Å². The number of hydrogen-bond donors (Lipinski definition) is 1. The summed E-state index contributed by atoms with van der Waals surface area (Å²) in [4.78, 5) is 0. The highest BCUT2D eigenvalue weighted by atomic mass is 35.5. The minimum absolute atomic E-state index is 0.530. The summed E-state index contributed by atoms with van der Waals surface area (Å²) in [6.07, 6.45) is 4.98. The molecule has 0 spiro atoms. The third-order valence-corrected chi connectivity index (χ3v) is 4.46. The van der Waals surface area contributed by atoms with Gasteiger partial charge in [-0.15, -0.1) is 0 Å². The van der Waals surface area contributed by atoms with Gasteiger partial charge in [-0.25, -0.2) is 0 Å². The van der Waals surface area contributed by atoms with E-state index in [-0.39, 0.29) is 0 Å². The molecule has 18 heavy (non-hydrogen) atoms. The van der Waals surface area contributed by atoms with E-state index in [0.29, 0.717) is 11.8 Å². The van der Waals surface area contributed by atoms with Crippen LogP contribution < -0.4 is 0 Å². The Bertz CT molecular complexity index is 402. The average Bonchev–Trinajstić information content (AvgIpc) is 2.28. The molecule has 2 rings (SSSR count). The smallest absolute Gasteiger partial charge is 0.0690 e. The normalized spacial score (nSPS) is 28.6. The van der Waals surface area contributed by atoms with E-state index in [2.05, 4.69) is 19.9 Å². The SMILES string of the molecule is CC(C)C1CCCC(O)(Cc2cccc(Cl)c2)C1. The third-order valence-electron chi connectivity index (χ3n) is 4.22. The summed E-state index contributed by atoms with van der Waals surface area (Å²) in [6, 6.07) is 7.87. The summed E-state index contributed by atoms with van der Waals surface area (Å²) in [5, 5.41) is 11.5. The van der Waals surface area contributed by atoms with E-state index in [1.54, 1.807) is 0 Å². The summed E-state index contributed by atoms with van der Waals surface area (Å²) < 4.78 is 0. The lowest BCUT2D eigenvalue weighted by Gasteiger charge is -2.38. The Labute approximate surface area is 115 Å². The van der Waals surface area contributed by atoms with Crippen LogP contribution in [0.1, 0.15) is 45.1 Å². The summed E-state index contributed by atoms with van der Waals surface area (Å²) in [6.45, 7) is 4.52. The van der Waals surface area contributed by atoms with Gasteiger partial charge in [-0.1, -0.05) is 44.0 Å². The van der Waals surface area contributed by atoms with Crippen LogP contribution in [-0.2, 0) is 6.42 Å². The second kappa shape index (κ2) is 5.63. The van der Waals surface area contributed by atoms with Crippen LogP contribution in [0.15, 0.2) is 24.3 Å². The molecule has 0 saturated heterocycles. The monoisotopic (exact) mass is 266 g/mol. The maximum Gasteiger partial charge on any atom is 0.0690 e. The summed E-state index contributed by atoms with van der Waals surface area (Å²) >= 11 is 6.01. The fraction of sp³-hybridized carbons (Fsp3) is 0.625. The lowest BCUT2D eigenvalue weighted by atomic mass is 9.71. The predicted octanol–water partition coefficient (Wildman–Crippen LogP) is 4.46. The van der Waals surface area contributed by atoms with Gasteiger partial charge in [-0.05, 0) is 48.8 Å². The van der Waals surface area contributed by atoms with Gasteiger partial charge in [0.15, 0.2) is 0 Å². The van der Waals surface area contributed by atoms with Crippen molar-refractivity contribution in [2.75, 3.05) is 0 Å². The number of aliphatic hydroxyl groups is 1. The molecule has 1 saturated carbocycles. The van der Waals surface area contributed by atoms with Gasteiger partial charge in [0.05, 0.1) is 5.60 Å². The van der Waals surface area contributed by atoms with Gasteiger partial charge in [-0.2, -0.15) is 0 Å².